The molecule has 0 saturated carbocycles. The highest BCUT2D eigenvalue weighted by Gasteiger charge is 2.15. The van der Waals surface area contributed by atoms with Crippen LogP contribution in [0, 0.1) is 6.92 Å². The Morgan fingerprint density at radius 3 is 2.39 bits per heavy atom. The quantitative estimate of drug-likeness (QED) is 0.806. The smallest absolute Gasteiger partial charge is 0.274 e. The third kappa shape index (κ3) is 2.85. The summed E-state index contributed by atoms with van der Waals surface area (Å²) in [7, 11) is 1.55. The molecule has 0 unspecified atom stereocenters. The molecule has 23 heavy (non-hydrogen) atoms. The van der Waals surface area contributed by atoms with Gasteiger partial charge in [-0.15, -0.1) is 0 Å². The fraction of sp³-hybridized carbons (Fsp3) is 0.167. The summed E-state index contributed by atoms with van der Waals surface area (Å²) >= 11 is 0. The molecule has 0 atom stereocenters. The van der Waals surface area contributed by atoms with Crippen LogP contribution in [-0.4, -0.2) is 22.7 Å². The Bertz CT molecular complexity index is 927. The highest BCUT2D eigenvalue weighted by molar-refractivity contribution is 6.04. The first-order chi connectivity index (χ1) is 11.1. The first-order valence-electron chi connectivity index (χ1n) is 7.37. The summed E-state index contributed by atoms with van der Waals surface area (Å²) in [5.74, 6) is -0.307. The van der Waals surface area contributed by atoms with Crippen molar-refractivity contribution in [2.24, 2.45) is 0 Å². The molecule has 2 aromatic carbocycles. The fourth-order valence-corrected chi connectivity index (χ4v) is 2.49. The zero-order valence-electron chi connectivity index (χ0n) is 13.0. The first kappa shape index (κ1) is 15.0. The lowest BCUT2D eigenvalue weighted by Gasteiger charge is -2.10. The van der Waals surface area contributed by atoms with E-state index in [9.17, 15) is 9.59 Å². The predicted molar refractivity (Wildman–Crippen MR) is 89.7 cm³/mol. The number of nitrogens with one attached hydrogen (secondary N) is 1. The standard InChI is InChI=1S/C18H17N3O2/c1-12-7-9-13(10-8-12)11-21-18(23)15-6-4-3-5-14(15)16(20-21)17(22)19-2/h3-10H,11H2,1-2H3,(H,19,22). The number of hydrogen-bond donors (Lipinski definition) is 1. The van der Waals surface area contributed by atoms with Gasteiger partial charge < -0.3 is 5.32 Å². The number of nitrogens with zero attached hydrogens (tertiary/aromatic N) is 2. The Balaban J connectivity index is 2.17. The molecule has 1 heterocycles. The van der Waals surface area contributed by atoms with Crippen molar-refractivity contribution in [1.29, 1.82) is 0 Å². The van der Waals surface area contributed by atoms with Crippen LogP contribution in [0.1, 0.15) is 21.6 Å². The summed E-state index contributed by atoms with van der Waals surface area (Å²) in [4.78, 5) is 24.7. The Morgan fingerprint density at radius 1 is 1.09 bits per heavy atom. The van der Waals surface area contributed by atoms with Gasteiger partial charge in [-0.25, -0.2) is 4.68 Å². The van der Waals surface area contributed by atoms with Crippen LogP contribution >= 0.6 is 0 Å². The lowest BCUT2D eigenvalue weighted by atomic mass is 10.1. The maximum Gasteiger partial charge on any atom is 0.274 e. The van der Waals surface area contributed by atoms with Gasteiger partial charge in [-0.1, -0.05) is 48.0 Å². The number of hydrogen-bond acceptors (Lipinski definition) is 3. The maximum atomic E-state index is 12.6. The molecule has 0 bridgehead atoms. The number of aromatic nitrogens is 2. The lowest BCUT2D eigenvalue weighted by molar-refractivity contribution is 0.0957. The van der Waals surface area contributed by atoms with Crippen molar-refractivity contribution in [2.45, 2.75) is 13.5 Å². The van der Waals surface area contributed by atoms with Gasteiger partial charge in [0, 0.05) is 12.4 Å². The molecule has 3 rings (SSSR count). The van der Waals surface area contributed by atoms with Crippen LogP contribution in [0.5, 0.6) is 0 Å². The molecule has 0 saturated heterocycles. The van der Waals surface area contributed by atoms with Gasteiger partial charge in [-0.2, -0.15) is 5.10 Å². The summed E-state index contributed by atoms with van der Waals surface area (Å²) in [6.45, 7) is 2.34. The SMILES string of the molecule is CNC(=O)c1nn(Cc2ccc(C)cc2)c(=O)c2ccccc12. The van der Waals surface area contributed by atoms with Crippen molar-refractivity contribution in [2.75, 3.05) is 7.05 Å². The highest BCUT2D eigenvalue weighted by Crippen LogP contribution is 2.14. The van der Waals surface area contributed by atoms with E-state index in [4.69, 9.17) is 0 Å². The summed E-state index contributed by atoms with van der Waals surface area (Å²) < 4.78 is 1.34. The molecular weight excluding hydrogens is 290 g/mol. The van der Waals surface area contributed by atoms with Gasteiger partial charge in [-0.3, -0.25) is 9.59 Å². The van der Waals surface area contributed by atoms with Crippen LogP contribution in [0.4, 0.5) is 0 Å². The topological polar surface area (TPSA) is 64.0 Å². The number of aryl methyl sites for hydroxylation is 1. The minimum absolute atomic E-state index is 0.200. The van der Waals surface area contributed by atoms with E-state index in [1.807, 2.05) is 31.2 Å². The fourth-order valence-electron chi connectivity index (χ4n) is 2.49. The van der Waals surface area contributed by atoms with Gasteiger partial charge in [0.1, 0.15) is 0 Å². The molecule has 116 valence electrons. The van der Waals surface area contributed by atoms with Gasteiger partial charge in [0.2, 0.25) is 0 Å². The van der Waals surface area contributed by atoms with Crippen molar-refractivity contribution in [3.8, 4) is 0 Å². The normalized spacial score (nSPS) is 10.7. The van der Waals surface area contributed by atoms with E-state index < -0.39 is 0 Å². The molecule has 0 aliphatic heterocycles. The van der Waals surface area contributed by atoms with Crippen LogP contribution < -0.4 is 10.9 Å². The van der Waals surface area contributed by atoms with Crippen LogP contribution in [0.25, 0.3) is 10.8 Å². The molecule has 1 aromatic heterocycles. The van der Waals surface area contributed by atoms with Crippen LogP contribution in [0.3, 0.4) is 0 Å². The van der Waals surface area contributed by atoms with Gasteiger partial charge >= 0.3 is 0 Å². The van der Waals surface area contributed by atoms with Crippen LogP contribution in [0.15, 0.2) is 53.3 Å². The molecule has 5 heteroatoms. The van der Waals surface area contributed by atoms with Crippen molar-refractivity contribution in [1.82, 2.24) is 15.1 Å². The van der Waals surface area contributed by atoms with E-state index in [0.29, 0.717) is 17.3 Å². The third-order valence-corrected chi connectivity index (χ3v) is 3.76. The zero-order valence-corrected chi connectivity index (χ0v) is 13.0. The second-order valence-corrected chi connectivity index (χ2v) is 5.42. The molecule has 0 radical (unpaired) electrons. The minimum atomic E-state index is -0.307. The Kier molecular flexibility index (Phi) is 3.93. The van der Waals surface area contributed by atoms with E-state index in [1.54, 1.807) is 31.3 Å². The Morgan fingerprint density at radius 2 is 1.74 bits per heavy atom. The molecule has 1 amide bonds. The summed E-state index contributed by atoms with van der Waals surface area (Å²) in [5, 5.41) is 7.92. The van der Waals surface area contributed by atoms with Gasteiger partial charge in [-0.05, 0) is 18.6 Å². The highest BCUT2D eigenvalue weighted by atomic mass is 16.2. The van der Waals surface area contributed by atoms with Crippen LogP contribution in [-0.2, 0) is 6.54 Å². The number of fused-ring (bicyclic) bond motifs is 1. The maximum absolute atomic E-state index is 12.6. The first-order valence-corrected chi connectivity index (χ1v) is 7.37. The van der Waals surface area contributed by atoms with Crippen molar-refractivity contribution < 1.29 is 4.79 Å². The molecule has 0 aliphatic rings. The minimum Gasteiger partial charge on any atom is -0.354 e. The average molecular weight is 307 g/mol. The van der Waals surface area contributed by atoms with Crippen molar-refractivity contribution in [3.63, 3.8) is 0 Å². The van der Waals surface area contributed by atoms with Gasteiger partial charge in [0.05, 0.1) is 11.9 Å². The molecule has 3 aromatic rings. The van der Waals surface area contributed by atoms with E-state index >= 15 is 0 Å². The molecule has 0 spiro atoms. The summed E-state index contributed by atoms with van der Waals surface area (Å²) in [6, 6.07) is 14.9. The molecule has 1 N–H and O–H groups in total. The second kappa shape index (κ2) is 6.04. The lowest BCUT2D eigenvalue weighted by Crippen LogP contribution is -2.29. The number of benzene rings is 2. The van der Waals surface area contributed by atoms with E-state index in [1.165, 1.54) is 4.68 Å². The van der Waals surface area contributed by atoms with Gasteiger partial charge in [0.25, 0.3) is 11.5 Å². The van der Waals surface area contributed by atoms with E-state index in [-0.39, 0.29) is 17.2 Å². The van der Waals surface area contributed by atoms with Crippen molar-refractivity contribution >= 4 is 16.7 Å². The Hall–Kier alpha value is -2.95. The monoisotopic (exact) mass is 307 g/mol. The number of rotatable bonds is 3. The van der Waals surface area contributed by atoms with Crippen LogP contribution in [0.2, 0.25) is 0 Å². The van der Waals surface area contributed by atoms with E-state index in [2.05, 4.69) is 10.4 Å². The number of carbonyl (C=O) groups excluding carboxylic acids is 1. The average Bonchev–Trinajstić information content (AvgIpc) is 2.58. The number of amides is 1. The third-order valence-electron chi connectivity index (χ3n) is 3.76. The van der Waals surface area contributed by atoms with Gasteiger partial charge in [0.15, 0.2) is 5.69 Å². The summed E-state index contributed by atoms with van der Waals surface area (Å²) in [6.07, 6.45) is 0. The summed E-state index contributed by atoms with van der Waals surface area (Å²) in [5.41, 5.74) is 2.17. The van der Waals surface area contributed by atoms with E-state index in [0.717, 1.165) is 11.1 Å². The molecular formula is C18H17N3O2. The largest absolute Gasteiger partial charge is 0.354 e. The van der Waals surface area contributed by atoms with Crippen molar-refractivity contribution in [3.05, 3.63) is 75.7 Å². The molecule has 0 aliphatic carbocycles. The second-order valence-electron chi connectivity index (χ2n) is 5.42. The molecule has 5 nitrogen and oxygen atoms in total. The number of carbonyl (C=O) groups is 1. The predicted octanol–water partition coefficient (Wildman–Crippen LogP) is 2.11. The Labute approximate surface area is 133 Å². The zero-order chi connectivity index (χ0) is 16.4. The molecule has 0 fully saturated rings.